The quantitative estimate of drug-likeness (QED) is 0.756. The Hall–Kier alpha value is -1.95. The van der Waals surface area contributed by atoms with Crippen molar-refractivity contribution in [3.63, 3.8) is 0 Å². The van der Waals surface area contributed by atoms with Crippen LogP contribution in [-0.4, -0.2) is 29.8 Å². The Bertz CT molecular complexity index is 435. The summed E-state index contributed by atoms with van der Waals surface area (Å²) in [5.74, 6) is -1.52. The van der Waals surface area contributed by atoms with Crippen LogP contribution in [-0.2, 0) is 9.59 Å². The van der Waals surface area contributed by atoms with Gasteiger partial charge in [-0.3, -0.25) is 14.5 Å². The number of amides is 2. The summed E-state index contributed by atoms with van der Waals surface area (Å²) in [5, 5.41) is 0. The number of hydrogen-bond acceptors (Lipinski definition) is 3. The predicted octanol–water partition coefficient (Wildman–Crippen LogP) is 0.159. The highest BCUT2D eigenvalue weighted by atomic mass is 19.1. The fraction of sp³-hybridized carbons (Fsp3) is 0.333. The lowest BCUT2D eigenvalue weighted by Gasteiger charge is -2.26. The summed E-state index contributed by atoms with van der Waals surface area (Å²) in [5.41, 5.74) is 10.9. The van der Waals surface area contributed by atoms with Crippen molar-refractivity contribution in [3.8, 4) is 0 Å². The van der Waals surface area contributed by atoms with Gasteiger partial charge in [0.05, 0.1) is 13.1 Å². The van der Waals surface area contributed by atoms with Crippen LogP contribution >= 0.6 is 0 Å². The standard InChI is InChI=1S/C12H16FN3O2/c1-8(9-3-2-4-10(13)5-9)16(6-11(14)17)7-12(15)18/h2-5,8H,6-7H2,1H3,(H2,14,17)(H2,15,18). The summed E-state index contributed by atoms with van der Waals surface area (Å²) in [4.78, 5) is 23.4. The lowest BCUT2D eigenvalue weighted by atomic mass is 10.1. The van der Waals surface area contributed by atoms with E-state index in [4.69, 9.17) is 11.5 Å². The van der Waals surface area contributed by atoms with E-state index in [-0.39, 0.29) is 24.9 Å². The zero-order valence-corrected chi connectivity index (χ0v) is 10.1. The Morgan fingerprint density at radius 1 is 1.28 bits per heavy atom. The Kier molecular flexibility index (Phi) is 4.79. The Labute approximate surface area is 105 Å². The van der Waals surface area contributed by atoms with Gasteiger partial charge in [-0.1, -0.05) is 12.1 Å². The molecule has 18 heavy (non-hydrogen) atoms. The highest BCUT2D eigenvalue weighted by Crippen LogP contribution is 2.20. The fourth-order valence-electron chi connectivity index (χ4n) is 1.71. The molecule has 0 fully saturated rings. The number of halogens is 1. The second-order valence-corrected chi connectivity index (χ2v) is 4.07. The first-order valence-corrected chi connectivity index (χ1v) is 5.46. The third-order valence-electron chi connectivity index (χ3n) is 2.60. The number of carbonyl (C=O) groups excluding carboxylic acids is 2. The third-order valence-corrected chi connectivity index (χ3v) is 2.60. The summed E-state index contributed by atoms with van der Waals surface area (Å²) in [6, 6.07) is 5.61. The first kappa shape index (κ1) is 14.1. The highest BCUT2D eigenvalue weighted by molar-refractivity contribution is 5.79. The number of nitrogens with two attached hydrogens (primary N) is 2. The number of nitrogens with zero attached hydrogens (tertiary/aromatic N) is 1. The van der Waals surface area contributed by atoms with Gasteiger partial charge in [-0.2, -0.15) is 0 Å². The minimum Gasteiger partial charge on any atom is -0.369 e. The van der Waals surface area contributed by atoms with Gasteiger partial charge in [0.1, 0.15) is 5.82 Å². The van der Waals surface area contributed by atoms with Gasteiger partial charge in [-0.15, -0.1) is 0 Å². The molecule has 6 heteroatoms. The molecule has 5 nitrogen and oxygen atoms in total. The van der Waals surface area contributed by atoms with E-state index in [1.54, 1.807) is 19.1 Å². The lowest BCUT2D eigenvalue weighted by molar-refractivity contribution is -0.122. The van der Waals surface area contributed by atoms with Gasteiger partial charge in [0, 0.05) is 6.04 Å². The van der Waals surface area contributed by atoms with Crippen molar-refractivity contribution < 1.29 is 14.0 Å². The molecule has 0 aliphatic rings. The molecule has 98 valence electrons. The van der Waals surface area contributed by atoms with Gasteiger partial charge in [0.25, 0.3) is 0 Å². The predicted molar refractivity (Wildman–Crippen MR) is 64.8 cm³/mol. The highest BCUT2D eigenvalue weighted by Gasteiger charge is 2.19. The SMILES string of the molecule is CC(c1cccc(F)c1)N(CC(N)=O)CC(N)=O. The van der Waals surface area contributed by atoms with E-state index in [9.17, 15) is 14.0 Å². The number of carbonyl (C=O) groups is 2. The molecular weight excluding hydrogens is 237 g/mol. The van der Waals surface area contributed by atoms with Crippen LogP contribution in [0.2, 0.25) is 0 Å². The number of hydrogen-bond donors (Lipinski definition) is 2. The van der Waals surface area contributed by atoms with Crippen molar-refractivity contribution in [1.29, 1.82) is 0 Å². The average molecular weight is 253 g/mol. The van der Waals surface area contributed by atoms with Crippen molar-refractivity contribution >= 4 is 11.8 Å². The van der Waals surface area contributed by atoms with E-state index in [1.807, 2.05) is 0 Å². The normalized spacial score (nSPS) is 12.4. The van der Waals surface area contributed by atoms with Crippen LogP contribution in [0.25, 0.3) is 0 Å². The molecule has 0 bridgehead atoms. The van der Waals surface area contributed by atoms with Crippen LogP contribution in [0.1, 0.15) is 18.5 Å². The largest absolute Gasteiger partial charge is 0.369 e. The van der Waals surface area contributed by atoms with Crippen molar-refractivity contribution in [3.05, 3.63) is 35.6 Å². The van der Waals surface area contributed by atoms with Gasteiger partial charge in [0.2, 0.25) is 11.8 Å². The Morgan fingerprint density at radius 3 is 2.28 bits per heavy atom. The Morgan fingerprint density at radius 2 is 1.83 bits per heavy atom. The molecule has 0 saturated carbocycles. The van der Waals surface area contributed by atoms with Crippen LogP contribution in [0.5, 0.6) is 0 Å². The average Bonchev–Trinajstić information content (AvgIpc) is 2.26. The molecule has 1 atom stereocenters. The maximum atomic E-state index is 13.1. The zero-order chi connectivity index (χ0) is 13.7. The topological polar surface area (TPSA) is 89.4 Å². The fourth-order valence-corrected chi connectivity index (χ4v) is 1.71. The first-order chi connectivity index (χ1) is 8.40. The maximum absolute atomic E-state index is 13.1. The molecule has 0 aromatic heterocycles. The molecule has 1 rings (SSSR count). The van der Waals surface area contributed by atoms with E-state index >= 15 is 0 Å². The molecule has 0 aliphatic heterocycles. The second-order valence-electron chi connectivity index (χ2n) is 4.07. The van der Waals surface area contributed by atoms with E-state index in [0.29, 0.717) is 5.56 Å². The molecule has 0 saturated heterocycles. The molecule has 2 amide bonds. The maximum Gasteiger partial charge on any atom is 0.231 e. The molecular formula is C12H16FN3O2. The molecule has 1 aromatic rings. The minimum atomic E-state index is -0.570. The number of primary amides is 2. The number of rotatable bonds is 6. The molecule has 0 radical (unpaired) electrons. The summed E-state index contributed by atoms with van der Waals surface area (Å²) >= 11 is 0. The van der Waals surface area contributed by atoms with Crippen molar-refractivity contribution in [2.45, 2.75) is 13.0 Å². The van der Waals surface area contributed by atoms with E-state index < -0.39 is 11.8 Å². The van der Waals surface area contributed by atoms with E-state index in [1.165, 1.54) is 17.0 Å². The van der Waals surface area contributed by atoms with Gasteiger partial charge in [-0.25, -0.2) is 4.39 Å². The molecule has 1 aromatic carbocycles. The van der Waals surface area contributed by atoms with Gasteiger partial charge in [0.15, 0.2) is 0 Å². The van der Waals surface area contributed by atoms with Gasteiger partial charge in [-0.05, 0) is 24.6 Å². The van der Waals surface area contributed by atoms with Crippen molar-refractivity contribution in [2.24, 2.45) is 11.5 Å². The monoisotopic (exact) mass is 253 g/mol. The lowest BCUT2D eigenvalue weighted by Crippen LogP contribution is -2.41. The third kappa shape index (κ3) is 4.14. The van der Waals surface area contributed by atoms with E-state index in [2.05, 4.69) is 0 Å². The molecule has 0 spiro atoms. The Balaban J connectivity index is 2.90. The smallest absolute Gasteiger partial charge is 0.231 e. The summed E-state index contributed by atoms with van der Waals surface area (Å²) < 4.78 is 13.1. The van der Waals surface area contributed by atoms with Crippen LogP contribution in [0, 0.1) is 5.82 Å². The molecule has 0 heterocycles. The van der Waals surface area contributed by atoms with Crippen LogP contribution in [0.4, 0.5) is 4.39 Å². The number of benzene rings is 1. The van der Waals surface area contributed by atoms with Crippen molar-refractivity contribution in [1.82, 2.24) is 4.90 Å². The van der Waals surface area contributed by atoms with Crippen LogP contribution < -0.4 is 11.5 Å². The summed E-state index contributed by atoms with van der Waals surface area (Å²) in [6.07, 6.45) is 0. The van der Waals surface area contributed by atoms with Gasteiger partial charge >= 0.3 is 0 Å². The molecule has 4 N–H and O–H groups in total. The minimum absolute atomic E-state index is 0.110. The molecule has 1 unspecified atom stereocenters. The summed E-state index contributed by atoms with van der Waals surface area (Å²) in [7, 11) is 0. The second kappa shape index (κ2) is 6.11. The first-order valence-electron chi connectivity index (χ1n) is 5.46. The zero-order valence-electron chi connectivity index (χ0n) is 10.1. The van der Waals surface area contributed by atoms with Gasteiger partial charge < -0.3 is 11.5 Å². The molecule has 0 aliphatic carbocycles. The van der Waals surface area contributed by atoms with E-state index in [0.717, 1.165) is 0 Å². The van der Waals surface area contributed by atoms with Crippen molar-refractivity contribution in [2.75, 3.05) is 13.1 Å². The summed E-state index contributed by atoms with van der Waals surface area (Å²) in [6.45, 7) is 1.53. The van der Waals surface area contributed by atoms with Crippen LogP contribution in [0.15, 0.2) is 24.3 Å². The van der Waals surface area contributed by atoms with Crippen LogP contribution in [0.3, 0.4) is 0 Å².